The van der Waals surface area contributed by atoms with Crippen LogP contribution >= 0.6 is 0 Å². The van der Waals surface area contributed by atoms with Gasteiger partial charge in [0.2, 0.25) is 23.6 Å². The molecule has 310 valence electrons. The predicted octanol–water partition coefficient (Wildman–Crippen LogP) is 1.91. The predicted molar refractivity (Wildman–Crippen MR) is 213 cm³/mol. The smallest absolute Gasteiger partial charge is 0.262 e. The first-order valence-corrected chi connectivity index (χ1v) is 20.5. The van der Waals surface area contributed by atoms with Crippen molar-refractivity contribution in [2.24, 2.45) is 11.7 Å². The minimum absolute atomic E-state index is 0.00987. The molecule has 3 aromatic rings. The third-order valence-electron chi connectivity index (χ3n) is 12.5. The van der Waals surface area contributed by atoms with Gasteiger partial charge in [-0.05, 0) is 92.9 Å². The Labute approximate surface area is 340 Å². The van der Waals surface area contributed by atoms with Crippen molar-refractivity contribution in [3.63, 3.8) is 0 Å². The summed E-state index contributed by atoms with van der Waals surface area (Å²) in [5.41, 5.74) is 8.52. The average Bonchev–Trinajstić information content (AvgIpc) is 3.75. The maximum absolute atomic E-state index is 13.3. The Balaban J connectivity index is 0.758. The number of piperidine rings is 2. The molecular formula is C42H49N9O8. The number of benzene rings is 2. The van der Waals surface area contributed by atoms with Gasteiger partial charge in [-0.2, -0.15) is 5.10 Å². The first-order chi connectivity index (χ1) is 28.5. The van der Waals surface area contributed by atoms with Gasteiger partial charge < -0.3 is 26.0 Å². The van der Waals surface area contributed by atoms with Crippen LogP contribution in [0, 0.1) is 5.92 Å². The van der Waals surface area contributed by atoms with Crippen LogP contribution in [0.5, 0.6) is 5.75 Å². The molecule has 0 bridgehead atoms. The summed E-state index contributed by atoms with van der Waals surface area (Å²) in [7, 11) is 0. The molecule has 2 atom stereocenters. The summed E-state index contributed by atoms with van der Waals surface area (Å²) >= 11 is 0. The fourth-order valence-electron chi connectivity index (χ4n) is 9.24. The van der Waals surface area contributed by atoms with Crippen molar-refractivity contribution in [1.29, 1.82) is 0 Å². The molecule has 3 fully saturated rings. The number of phenolic OH excluding ortho intramolecular Hbond substituents is 1. The lowest BCUT2D eigenvalue weighted by Gasteiger charge is -2.38. The van der Waals surface area contributed by atoms with E-state index in [9.17, 15) is 38.7 Å². The zero-order valence-corrected chi connectivity index (χ0v) is 32.9. The molecule has 2 aromatic carbocycles. The number of fused-ring (bicyclic) bond motifs is 2. The van der Waals surface area contributed by atoms with E-state index in [0.717, 1.165) is 42.7 Å². The Morgan fingerprint density at radius 3 is 2.22 bits per heavy atom. The number of rotatable bonds is 11. The van der Waals surface area contributed by atoms with E-state index in [1.165, 1.54) is 0 Å². The number of anilines is 1. The van der Waals surface area contributed by atoms with Crippen molar-refractivity contribution in [3.05, 3.63) is 64.7 Å². The molecule has 6 heterocycles. The highest BCUT2D eigenvalue weighted by molar-refractivity contribution is 6.23. The van der Waals surface area contributed by atoms with Gasteiger partial charge in [-0.3, -0.25) is 48.7 Å². The number of phenols is 1. The van der Waals surface area contributed by atoms with Crippen molar-refractivity contribution in [2.45, 2.75) is 69.9 Å². The first-order valence-electron chi connectivity index (χ1n) is 20.5. The Hall–Kier alpha value is -6.10. The van der Waals surface area contributed by atoms with E-state index in [0.29, 0.717) is 81.3 Å². The molecule has 17 heteroatoms. The standard InChI is InChI=1S/C42H49N9O8/c43-38(56)36-37(27-5-7-28(52)8-6-27)46-51-31(13-16-44-39(36)51)26-14-18-48(19-15-26)34(54)2-1-17-47-20-22-49(23-21-47)35(55)12-4-25-3-9-29-30(24-25)42(59)50(41(29)58)32-10-11-33(53)45-40(32)57/h3,5-9,24,26,31-32,44,52H,1-2,4,10-23H2,(H2,43,56)(H,45,53,57)/t31-,32?/m0/s1. The SMILES string of the molecule is NC(=O)c1c(-c2ccc(O)cc2)nn2c1NCC[C@H]2C1CCN(C(=O)CCCN2CCN(C(=O)CCc3ccc4c(c3)C(=O)N(C3CCC(=O)NC3=O)C4=O)CC2)CC1. The maximum atomic E-state index is 13.3. The molecule has 0 aliphatic carbocycles. The Kier molecular flexibility index (Phi) is 11.2. The normalized spacial score (nSPS) is 21.3. The molecule has 1 unspecified atom stereocenters. The zero-order valence-electron chi connectivity index (χ0n) is 32.9. The number of aromatic nitrogens is 2. The second-order valence-corrected chi connectivity index (χ2v) is 16.1. The number of amides is 7. The van der Waals surface area contributed by atoms with Crippen LogP contribution < -0.4 is 16.4 Å². The van der Waals surface area contributed by atoms with E-state index >= 15 is 0 Å². The molecule has 5 aliphatic rings. The quantitative estimate of drug-likeness (QED) is 0.205. The summed E-state index contributed by atoms with van der Waals surface area (Å²) in [5.74, 6) is -1.58. The van der Waals surface area contributed by atoms with E-state index in [1.54, 1.807) is 42.5 Å². The third kappa shape index (κ3) is 8.03. The Bertz CT molecular complexity index is 2190. The second-order valence-electron chi connectivity index (χ2n) is 16.1. The molecular weight excluding hydrogens is 759 g/mol. The van der Waals surface area contributed by atoms with Gasteiger partial charge in [0.1, 0.15) is 28.9 Å². The molecule has 0 saturated carbocycles. The molecule has 59 heavy (non-hydrogen) atoms. The average molecular weight is 808 g/mol. The number of likely N-dealkylation sites (tertiary alicyclic amines) is 1. The molecule has 17 nitrogen and oxygen atoms in total. The van der Waals surface area contributed by atoms with Gasteiger partial charge in [0.15, 0.2) is 0 Å². The van der Waals surface area contributed by atoms with E-state index in [4.69, 9.17) is 10.8 Å². The van der Waals surface area contributed by atoms with Crippen LogP contribution in [0.2, 0.25) is 0 Å². The van der Waals surface area contributed by atoms with E-state index in [-0.39, 0.29) is 59.9 Å². The lowest BCUT2D eigenvalue weighted by Crippen LogP contribution is -2.54. The number of carbonyl (C=O) groups is 7. The number of piperazine rings is 1. The molecule has 1 aromatic heterocycles. The van der Waals surface area contributed by atoms with Crippen LogP contribution in [0.3, 0.4) is 0 Å². The highest BCUT2D eigenvalue weighted by Gasteiger charge is 2.45. The lowest BCUT2D eigenvalue weighted by atomic mass is 9.86. The number of hydrogen-bond acceptors (Lipinski definition) is 11. The summed E-state index contributed by atoms with van der Waals surface area (Å²) in [4.78, 5) is 96.1. The molecule has 0 spiro atoms. The Morgan fingerprint density at radius 2 is 1.51 bits per heavy atom. The van der Waals surface area contributed by atoms with Crippen molar-refractivity contribution < 1.29 is 38.7 Å². The highest BCUT2D eigenvalue weighted by atomic mass is 16.3. The van der Waals surface area contributed by atoms with Crippen LogP contribution in [0.15, 0.2) is 42.5 Å². The van der Waals surface area contributed by atoms with Gasteiger partial charge in [0.05, 0.1) is 17.2 Å². The fraction of sp³-hybridized carbons (Fsp3) is 0.476. The number of nitrogens with one attached hydrogen (secondary N) is 2. The fourth-order valence-corrected chi connectivity index (χ4v) is 9.24. The van der Waals surface area contributed by atoms with E-state index in [1.807, 2.05) is 14.5 Å². The van der Waals surface area contributed by atoms with Gasteiger partial charge in [-0.15, -0.1) is 0 Å². The number of carbonyl (C=O) groups excluding carboxylic acids is 7. The molecule has 5 N–H and O–H groups in total. The number of nitrogens with zero attached hydrogens (tertiary/aromatic N) is 6. The number of aryl methyl sites for hydroxylation is 1. The number of aromatic hydroxyl groups is 1. The topological polar surface area (TPSA) is 221 Å². The summed E-state index contributed by atoms with van der Waals surface area (Å²) < 4.78 is 1.91. The van der Waals surface area contributed by atoms with Crippen LogP contribution in [0.25, 0.3) is 11.3 Å². The van der Waals surface area contributed by atoms with Crippen LogP contribution in [-0.2, 0) is 25.6 Å². The second kappa shape index (κ2) is 16.6. The van der Waals surface area contributed by atoms with Gasteiger partial charge in [-0.25, -0.2) is 4.68 Å². The summed E-state index contributed by atoms with van der Waals surface area (Å²) in [6.07, 6.45) is 4.48. The molecule has 7 amide bonds. The summed E-state index contributed by atoms with van der Waals surface area (Å²) in [5, 5.41) is 20.1. The van der Waals surface area contributed by atoms with Gasteiger partial charge in [0.25, 0.3) is 17.7 Å². The number of primary amides is 1. The van der Waals surface area contributed by atoms with Gasteiger partial charge >= 0.3 is 0 Å². The van der Waals surface area contributed by atoms with Crippen molar-refractivity contribution in [1.82, 2.24) is 34.7 Å². The van der Waals surface area contributed by atoms with Crippen LogP contribution in [-0.4, -0.2) is 134 Å². The number of nitrogens with two attached hydrogens (primary N) is 1. The minimum Gasteiger partial charge on any atom is -0.508 e. The number of hydrogen-bond donors (Lipinski definition) is 4. The van der Waals surface area contributed by atoms with Crippen LogP contribution in [0.4, 0.5) is 5.82 Å². The van der Waals surface area contributed by atoms with Gasteiger partial charge in [0, 0.05) is 70.6 Å². The van der Waals surface area contributed by atoms with Crippen LogP contribution in [0.1, 0.15) is 94.0 Å². The van der Waals surface area contributed by atoms with Crippen molar-refractivity contribution in [3.8, 4) is 17.0 Å². The summed E-state index contributed by atoms with van der Waals surface area (Å²) in [6.45, 7) is 5.40. The van der Waals surface area contributed by atoms with E-state index in [2.05, 4.69) is 15.5 Å². The minimum atomic E-state index is -1.03. The first kappa shape index (κ1) is 39.7. The lowest BCUT2D eigenvalue weighted by molar-refractivity contribution is -0.136. The molecule has 0 radical (unpaired) electrons. The summed E-state index contributed by atoms with van der Waals surface area (Å²) in [6, 6.07) is 10.5. The van der Waals surface area contributed by atoms with Gasteiger partial charge in [-0.1, -0.05) is 6.07 Å². The Morgan fingerprint density at radius 1 is 0.814 bits per heavy atom. The largest absolute Gasteiger partial charge is 0.508 e. The molecule has 5 aliphatic heterocycles. The zero-order chi connectivity index (χ0) is 41.4. The third-order valence-corrected chi connectivity index (χ3v) is 12.5. The molecule has 8 rings (SSSR count). The van der Waals surface area contributed by atoms with Crippen molar-refractivity contribution >= 4 is 47.2 Å². The van der Waals surface area contributed by atoms with E-state index < -0.39 is 35.6 Å². The highest BCUT2D eigenvalue weighted by Crippen LogP contribution is 2.40. The number of imide groups is 2. The monoisotopic (exact) mass is 807 g/mol. The van der Waals surface area contributed by atoms with Crippen molar-refractivity contribution in [2.75, 3.05) is 57.7 Å². The maximum Gasteiger partial charge on any atom is 0.262 e. The molecule has 3 saturated heterocycles.